The van der Waals surface area contributed by atoms with Crippen LogP contribution < -0.4 is 4.74 Å². The summed E-state index contributed by atoms with van der Waals surface area (Å²) in [6.07, 6.45) is 0. The van der Waals surface area contributed by atoms with Gasteiger partial charge < -0.3 is 90.4 Å². The van der Waals surface area contributed by atoms with Gasteiger partial charge in [0.15, 0.2) is 0 Å². The summed E-state index contributed by atoms with van der Waals surface area (Å²) in [5.41, 5.74) is 0. The summed E-state index contributed by atoms with van der Waals surface area (Å²) < 4.78 is 98.9. The zero-order valence-electron chi connectivity index (χ0n) is 38.8. The number of rotatable bonds is 54. The van der Waals surface area contributed by atoms with Gasteiger partial charge in [0.05, 0.1) is 231 Å². The lowest BCUT2D eigenvalue weighted by Crippen LogP contribution is -2.16. The molecule has 0 saturated heterocycles. The van der Waals surface area contributed by atoms with Crippen molar-refractivity contribution in [2.75, 3.05) is 238 Å². The van der Waals surface area contributed by atoms with E-state index in [0.717, 1.165) is 16.5 Å². The van der Waals surface area contributed by atoms with Crippen molar-refractivity contribution >= 4 is 10.8 Å². The van der Waals surface area contributed by atoms with Crippen LogP contribution in [0.5, 0.6) is 5.75 Å². The van der Waals surface area contributed by atoms with Crippen LogP contribution >= 0.6 is 0 Å². The molecule has 0 radical (unpaired) electrons. The van der Waals surface area contributed by atoms with Crippen LogP contribution in [0.3, 0.4) is 0 Å². The van der Waals surface area contributed by atoms with Crippen molar-refractivity contribution in [3.63, 3.8) is 0 Å². The Morgan fingerprint density at radius 1 is 0.231 bits per heavy atom. The van der Waals surface area contributed by atoms with E-state index in [4.69, 9.17) is 90.4 Å². The van der Waals surface area contributed by atoms with Crippen molar-refractivity contribution < 1.29 is 90.4 Å². The summed E-state index contributed by atoms with van der Waals surface area (Å²) in [6, 6.07) is 14.2. The zero-order valence-corrected chi connectivity index (χ0v) is 38.8. The van der Waals surface area contributed by atoms with E-state index in [1.807, 2.05) is 24.3 Å². The second-order valence-corrected chi connectivity index (χ2v) is 13.5. The lowest BCUT2D eigenvalue weighted by atomic mass is 10.1. The van der Waals surface area contributed by atoms with Gasteiger partial charge in [-0.1, -0.05) is 36.4 Å². The van der Waals surface area contributed by atoms with Crippen LogP contribution in [0.15, 0.2) is 42.5 Å². The third kappa shape index (κ3) is 40.6. The molecule has 1 N–H and O–H groups in total. The van der Waals surface area contributed by atoms with E-state index in [2.05, 4.69) is 18.2 Å². The van der Waals surface area contributed by atoms with Crippen LogP contribution in [-0.2, 0) is 80.5 Å². The van der Waals surface area contributed by atoms with E-state index in [1.165, 1.54) is 0 Å². The molecule has 0 aromatic heterocycles. The summed E-state index contributed by atoms with van der Waals surface area (Å²) in [7, 11) is 0. The van der Waals surface area contributed by atoms with Gasteiger partial charge in [-0.15, -0.1) is 0 Å². The second kappa shape index (κ2) is 49.7. The van der Waals surface area contributed by atoms with Gasteiger partial charge in [-0.25, -0.2) is 0 Å². The van der Waals surface area contributed by atoms with Gasteiger partial charge in [0.1, 0.15) is 12.4 Å². The number of benzene rings is 2. The highest BCUT2D eigenvalue weighted by Gasteiger charge is 2.02. The summed E-state index contributed by atoms with van der Waals surface area (Å²) in [4.78, 5) is 0. The highest BCUT2D eigenvalue weighted by atomic mass is 16.6. The molecule has 0 aliphatic heterocycles. The molecule has 65 heavy (non-hydrogen) atoms. The molecule has 0 aliphatic rings. The normalized spacial score (nSPS) is 11.6. The molecule has 2 aromatic rings. The third-order valence-electron chi connectivity index (χ3n) is 8.42. The van der Waals surface area contributed by atoms with Crippen LogP contribution in [0.4, 0.5) is 0 Å². The van der Waals surface area contributed by atoms with Crippen LogP contribution in [0.25, 0.3) is 10.8 Å². The average molecular weight is 937 g/mol. The van der Waals surface area contributed by atoms with Gasteiger partial charge in [0.25, 0.3) is 0 Å². The first-order valence-corrected chi connectivity index (χ1v) is 22.9. The molecule has 0 atom stereocenters. The fraction of sp³-hybridized carbons (Fsp3) is 0.783. The monoisotopic (exact) mass is 937 g/mol. The van der Waals surface area contributed by atoms with Crippen LogP contribution in [0.1, 0.15) is 0 Å². The van der Waals surface area contributed by atoms with E-state index in [-0.39, 0.29) is 6.61 Å². The molecule has 0 heterocycles. The highest BCUT2D eigenvalue weighted by Crippen LogP contribution is 2.24. The zero-order chi connectivity index (χ0) is 45.9. The molecule has 378 valence electrons. The Hall–Kier alpha value is -2.22. The Balaban J connectivity index is 1.12. The maximum atomic E-state index is 8.60. The minimum Gasteiger partial charge on any atom is -0.491 e. The fourth-order valence-corrected chi connectivity index (χ4v) is 5.22. The predicted octanol–water partition coefficient (Wildman–Crippen LogP) is 2.49. The first-order valence-electron chi connectivity index (χ1n) is 22.9. The highest BCUT2D eigenvalue weighted by molar-refractivity contribution is 5.88. The maximum absolute atomic E-state index is 8.60. The maximum Gasteiger partial charge on any atom is 0.127 e. The van der Waals surface area contributed by atoms with Gasteiger partial charge in [-0.05, 0) is 11.5 Å². The molecular formula is C46H80O19. The number of hydrogen-bond donors (Lipinski definition) is 1. The van der Waals surface area contributed by atoms with Crippen LogP contribution in [0, 0.1) is 0 Å². The Morgan fingerprint density at radius 2 is 0.446 bits per heavy atom. The van der Waals surface area contributed by atoms with Gasteiger partial charge >= 0.3 is 0 Å². The number of hydrogen-bond acceptors (Lipinski definition) is 19. The SMILES string of the molecule is OCCOCCOCCOCCOCCOCCOCCOCCOCCOCCOCCOCCOCCOCCOCCOCCOCCOCCOc1cccc2ccccc12. The van der Waals surface area contributed by atoms with Crippen LogP contribution in [-0.4, -0.2) is 243 Å². The minimum atomic E-state index is 0.0203. The van der Waals surface area contributed by atoms with Crippen molar-refractivity contribution in [1.29, 1.82) is 0 Å². The van der Waals surface area contributed by atoms with Gasteiger partial charge in [-0.3, -0.25) is 0 Å². The number of aliphatic hydroxyl groups is 1. The molecular weight excluding hydrogens is 856 g/mol. The van der Waals surface area contributed by atoms with E-state index >= 15 is 0 Å². The van der Waals surface area contributed by atoms with Gasteiger partial charge in [0, 0.05) is 5.39 Å². The van der Waals surface area contributed by atoms with Crippen molar-refractivity contribution in [2.24, 2.45) is 0 Å². The fourth-order valence-electron chi connectivity index (χ4n) is 5.22. The average Bonchev–Trinajstić information content (AvgIpc) is 3.33. The lowest BCUT2D eigenvalue weighted by Gasteiger charge is -2.10. The van der Waals surface area contributed by atoms with Crippen molar-refractivity contribution in [2.45, 2.75) is 0 Å². The molecule has 0 bridgehead atoms. The number of ether oxygens (including phenoxy) is 18. The minimum absolute atomic E-state index is 0.0203. The molecule has 0 spiro atoms. The summed E-state index contributed by atoms with van der Waals surface area (Å²) in [5.74, 6) is 0.868. The van der Waals surface area contributed by atoms with Crippen molar-refractivity contribution in [1.82, 2.24) is 0 Å². The van der Waals surface area contributed by atoms with E-state index in [1.54, 1.807) is 0 Å². The number of aliphatic hydroxyl groups excluding tert-OH is 1. The summed E-state index contributed by atoms with van der Waals surface area (Å²) in [6.45, 7) is 17.2. The van der Waals surface area contributed by atoms with E-state index < -0.39 is 0 Å². The van der Waals surface area contributed by atoms with Crippen LogP contribution in [0.2, 0.25) is 0 Å². The van der Waals surface area contributed by atoms with Crippen molar-refractivity contribution in [3.05, 3.63) is 42.5 Å². The summed E-state index contributed by atoms with van der Waals surface area (Å²) in [5, 5.41) is 10.9. The predicted molar refractivity (Wildman–Crippen MR) is 240 cm³/mol. The molecule has 0 saturated carbocycles. The Kier molecular flexibility index (Phi) is 45.0. The smallest absolute Gasteiger partial charge is 0.127 e. The largest absolute Gasteiger partial charge is 0.491 e. The standard InChI is InChI=1S/C46H80O19/c47-8-9-48-10-11-49-12-13-50-14-15-51-16-17-52-18-19-53-20-21-54-22-23-55-24-25-56-26-27-57-28-29-58-30-31-59-32-33-60-34-35-61-36-37-62-38-39-63-40-41-64-42-43-65-46-7-3-5-44-4-1-2-6-45(44)46/h1-7,47H,8-43H2. The number of fused-ring (bicyclic) bond motifs is 1. The van der Waals surface area contributed by atoms with E-state index in [0.29, 0.717) is 231 Å². The van der Waals surface area contributed by atoms with Gasteiger partial charge in [-0.2, -0.15) is 0 Å². The summed E-state index contributed by atoms with van der Waals surface area (Å²) >= 11 is 0. The second-order valence-electron chi connectivity index (χ2n) is 13.5. The first-order chi connectivity index (χ1) is 32.4. The third-order valence-corrected chi connectivity index (χ3v) is 8.42. The molecule has 0 unspecified atom stereocenters. The molecule has 19 nitrogen and oxygen atoms in total. The quantitative estimate of drug-likeness (QED) is 0.0953. The molecule has 2 aromatic carbocycles. The van der Waals surface area contributed by atoms with E-state index in [9.17, 15) is 0 Å². The molecule has 0 fully saturated rings. The molecule has 2 rings (SSSR count). The Labute approximate surface area is 386 Å². The lowest BCUT2D eigenvalue weighted by molar-refractivity contribution is -0.0309. The van der Waals surface area contributed by atoms with Crippen molar-refractivity contribution in [3.8, 4) is 5.75 Å². The van der Waals surface area contributed by atoms with Gasteiger partial charge in [0.2, 0.25) is 0 Å². The molecule has 0 aliphatic carbocycles. The topological polar surface area (TPSA) is 186 Å². The first kappa shape index (κ1) is 58.9. The Morgan fingerprint density at radius 3 is 0.708 bits per heavy atom. The molecule has 0 amide bonds. The Bertz CT molecular complexity index is 1230. The molecule has 19 heteroatoms.